The van der Waals surface area contributed by atoms with Gasteiger partial charge in [0.2, 0.25) is 0 Å². The Morgan fingerprint density at radius 1 is 1.04 bits per heavy atom. The molecule has 3 heteroatoms. The molecule has 1 heterocycles. The van der Waals surface area contributed by atoms with Gasteiger partial charge in [-0.2, -0.15) is 0 Å². The minimum absolute atomic E-state index is 0.0605. The van der Waals surface area contributed by atoms with Crippen LogP contribution >= 0.6 is 0 Å². The first-order valence-corrected chi connectivity index (χ1v) is 9.12. The molecule has 1 amide bonds. The summed E-state index contributed by atoms with van der Waals surface area (Å²) in [7, 11) is 0. The molecule has 1 aliphatic carbocycles. The molecule has 130 valence electrons. The fourth-order valence-corrected chi connectivity index (χ4v) is 3.57. The summed E-state index contributed by atoms with van der Waals surface area (Å²) in [6.45, 7) is 2.06. The Balaban J connectivity index is 1.50. The molecule has 0 unspecified atom stereocenters. The van der Waals surface area contributed by atoms with Crippen molar-refractivity contribution in [2.45, 2.75) is 32.2 Å². The number of aromatic nitrogens is 1. The van der Waals surface area contributed by atoms with E-state index in [0.29, 0.717) is 5.56 Å². The van der Waals surface area contributed by atoms with Gasteiger partial charge in [0.05, 0.1) is 17.3 Å². The third-order valence-electron chi connectivity index (χ3n) is 5.05. The van der Waals surface area contributed by atoms with Gasteiger partial charge in [0.1, 0.15) is 0 Å². The number of aryl methyl sites for hydroxylation is 2. The molecule has 3 nitrogen and oxygen atoms in total. The van der Waals surface area contributed by atoms with Gasteiger partial charge in [-0.15, -0.1) is 0 Å². The van der Waals surface area contributed by atoms with Crippen LogP contribution in [0.5, 0.6) is 0 Å². The normalized spacial score (nSPS) is 16.0. The van der Waals surface area contributed by atoms with Crippen molar-refractivity contribution in [1.29, 1.82) is 0 Å². The summed E-state index contributed by atoms with van der Waals surface area (Å²) in [5.74, 6) is -0.0605. The van der Waals surface area contributed by atoms with E-state index in [1.165, 1.54) is 16.7 Å². The van der Waals surface area contributed by atoms with Gasteiger partial charge < -0.3 is 5.32 Å². The Hall–Kier alpha value is -2.94. The molecular weight excluding hydrogens is 320 g/mol. The SMILES string of the molecule is Cc1ccc(-c2ccc(C(=O)N[C@@H]3CCCc4ccccc43)cn2)cc1. The molecule has 26 heavy (non-hydrogen) atoms. The van der Waals surface area contributed by atoms with Gasteiger partial charge in [-0.25, -0.2) is 0 Å². The van der Waals surface area contributed by atoms with Crippen LogP contribution in [0.1, 0.15) is 45.9 Å². The summed E-state index contributed by atoms with van der Waals surface area (Å²) in [4.78, 5) is 17.1. The number of hydrogen-bond acceptors (Lipinski definition) is 2. The first kappa shape index (κ1) is 16.5. The molecule has 0 saturated heterocycles. The second-order valence-electron chi connectivity index (χ2n) is 6.92. The molecule has 0 saturated carbocycles. The molecule has 1 aliphatic rings. The molecule has 0 bridgehead atoms. The number of benzene rings is 2. The van der Waals surface area contributed by atoms with Gasteiger partial charge >= 0.3 is 0 Å². The lowest BCUT2D eigenvalue weighted by Crippen LogP contribution is -2.31. The van der Waals surface area contributed by atoms with Crippen molar-refractivity contribution in [3.8, 4) is 11.3 Å². The maximum Gasteiger partial charge on any atom is 0.253 e. The Morgan fingerprint density at radius 2 is 1.85 bits per heavy atom. The molecule has 0 aliphatic heterocycles. The summed E-state index contributed by atoms with van der Waals surface area (Å²) in [5, 5.41) is 3.18. The minimum Gasteiger partial charge on any atom is -0.345 e. The minimum atomic E-state index is -0.0605. The quantitative estimate of drug-likeness (QED) is 0.738. The molecular formula is C23H22N2O. The number of carbonyl (C=O) groups excluding carboxylic acids is 1. The van der Waals surface area contributed by atoms with Crippen molar-refractivity contribution < 1.29 is 4.79 Å². The van der Waals surface area contributed by atoms with Gasteiger partial charge in [0.15, 0.2) is 0 Å². The van der Waals surface area contributed by atoms with E-state index in [-0.39, 0.29) is 11.9 Å². The standard InChI is InChI=1S/C23H22N2O/c1-16-9-11-18(12-10-16)21-14-13-19(15-24-21)23(26)25-22-8-4-6-17-5-2-3-7-20(17)22/h2-3,5,7,9-15,22H,4,6,8H2,1H3,(H,25,26)/t22-/m1/s1. The smallest absolute Gasteiger partial charge is 0.253 e. The molecule has 1 N–H and O–H groups in total. The van der Waals surface area contributed by atoms with Gasteiger partial charge in [-0.3, -0.25) is 9.78 Å². The molecule has 1 aromatic heterocycles. The number of amides is 1. The zero-order valence-corrected chi connectivity index (χ0v) is 14.9. The molecule has 0 fully saturated rings. The first-order chi connectivity index (χ1) is 12.7. The molecule has 0 spiro atoms. The third kappa shape index (κ3) is 3.38. The highest BCUT2D eigenvalue weighted by Crippen LogP contribution is 2.29. The van der Waals surface area contributed by atoms with E-state index in [1.54, 1.807) is 6.20 Å². The second kappa shape index (κ2) is 7.12. The Bertz CT molecular complexity index is 914. The molecule has 3 aromatic rings. The van der Waals surface area contributed by atoms with Crippen LogP contribution < -0.4 is 5.32 Å². The average molecular weight is 342 g/mol. The Kier molecular flexibility index (Phi) is 4.53. The van der Waals surface area contributed by atoms with Crippen LogP contribution in [0.3, 0.4) is 0 Å². The number of fused-ring (bicyclic) bond motifs is 1. The molecule has 2 aromatic carbocycles. The number of rotatable bonds is 3. The zero-order valence-electron chi connectivity index (χ0n) is 14.9. The lowest BCUT2D eigenvalue weighted by atomic mass is 9.87. The lowest BCUT2D eigenvalue weighted by molar-refractivity contribution is 0.0932. The van der Waals surface area contributed by atoms with E-state index in [4.69, 9.17) is 0 Å². The number of nitrogens with one attached hydrogen (secondary N) is 1. The number of hydrogen-bond donors (Lipinski definition) is 1. The van der Waals surface area contributed by atoms with Gasteiger partial charge in [0.25, 0.3) is 5.91 Å². The summed E-state index contributed by atoms with van der Waals surface area (Å²) in [6.07, 6.45) is 4.85. The van der Waals surface area contributed by atoms with E-state index in [9.17, 15) is 4.79 Å². The van der Waals surface area contributed by atoms with E-state index < -0.39 is 0 Å². The van der Waals surface area contributed by atoms with Crippen molar-refractivity contribution in [3.63, 3.8) is 0 Å². The van der Waals surface area contributed by atoms with Crippen LogP contribution in [0.4, 0.5) is 0 Å². The highest BCUT2D eigenvalue weighted by molar-refractivity contribution is 5.94. The van der Waals surface area contributed by atoms with E-state index in [0.717, 1.165) is 30.5 Å². The van der Waals surface area contributed by atoms with Crippen LogP contribution in [-0.4, -0.2) is 10.9 Å². The molecule has 0 radical (unpaired) electrons. The maximum absolute atomic E-state index is 12.7. The van der Waals surface area contributed by atoms with Crippen molar-refractivity contribution in [2.75, 3.05) is 0 Å². The Labute approximate surface area is 154 Å². The average Bonchev–Trinajstić information content (AvgIpc) is 2.69. The maximum atomic E-state index is 12.7. The largest absolute Gasteiger partial charge is 0.345 e. The fourth-order valence-electron chi connectivity index (χ4n) is 3.57. The van der Waals surface area contributed by atoms with Crippen molar-refractivity contribution >= 4 is 5.91 Å². The summed E-state index contributed by atoms with van der Waals surface area (Å²) in [6, 6.07) is 20.5. The fraction of sp³-hybridized carbons (Fsp3) is 0.217. The monoisotopic (exact) mass is 342 g/mol. The van der Waals surface area contributed by atoms with Crippen LogP contribution in [-0.2, 0) is 6.42 Å². The zero-order chi connectivity index (χ0) is 17.9. The molecule has 4 rings (SSSR count). The highest BCUT2D eigenvalue weighted by atomic mass is 16.1. The topological polar surface area (TPSA) is 42.0 Å². The van der Waals surface area contributed by atoms with E-state index in [2.05, 4.69) is 59.7 Å². The third-order valence-corrected chi connectivity index (χ3v) is 5.05. The van der Waals surface area contributed by atoms with E-state index >= 15 is 0 Å². The van der Waals surface area contributed by atoms with Crippen LogP contribution in [0.15, 0.2) is 66.9 Å². The predicted octanol–water partition coefficient (Wildman–Crippen LogP) is 4.86. The van der Waals surface area contributed by atoms with Gasteiger partial charge in [-0.1, -0.05) is 54.1 Å². The molecule has 1 atom stereocenters. The van der Waals surface area contributed by atoms with Crippen LogP contribution in [0, 0.1) is 6.92 Å². The lowest BCUT2D eigenvalue weighted by Gasteiger charge is -2.26. The summed E-state index contributed by atoms with van der Waals surface area (Å²) >= 11 is 0. The summed E-state index contributed by atoms with van der Waals surface area (Å²) in [5.41, 5.74) is 6.35. The second-order valence-corrected chi connectivity index (χ2v) is 6.92. The van der Waals surface area contributed by atoms with Crippen molar-refractivity contribution in [3.05, 3.63) is 89.1 Å². The van der Waals surface area contributed by atoms with Gasteiger partial charge in [0, 0.05) is 11.8 Å². The first-order valence-electron chi connectivity index (χ1n) is 9.12. The Morgan fingerprint density at radius 3 is 2.62 bits per heavy atom. The van der Waals surface area contributed by atoms with Crippen molar-refractivity contribution in [1.82, 2.24) is 10.3 Å². The van der Waals surface area contributed by atoms with Crippen molar-refractivity contribution in [2.24, 2.45) is 0 Å². The van der Waals surface area contributed by atoms with E-state index in [1.807, 2.05) is 18.2 Å². The number of nitrogens with zero attached hydrogens (tertiary/aromatic N) is 1. The van der Waals surface area contributed by atoms with Crippen LogP contribution in [0.2, 0.25) is 0 Å². The predicted molar refractivity (Wildman–Crippen MR) is 104 cm³/mol. The number of carbonyl (C=O) groups is 1. The highest BCUT2D eigenvalue weighted by Gasteiger charge is 2.21. The summed E-state index contributed by atoms with van der Waals surface area (Å²) < 4.78 is 0. The number of pyridine rings is 1. The van der Waals surface area contributed by atoms with Gasteiger partial charge in [-0.05, 0) is 49.4 Å². The van der Waals surface area contributed by atoms with Crippen LogP contribution in [0.25, 0.3) is 11.3 Å².